The number of hydrogen-bond donors (Lipinski definition) is 0. The SMILES string of the molecule is CC(C)CC[C@@H](C(C)C)C1CC1. The van der Waals surface area contributed by atoms with E-state index < -0.39 is 0 Å². The van der Waals surface area contributed by atoms with Crippen LogP contribution in [0.15, 0.2) is 0 Å². The van der Waals surface area contributed by atoms with Crippen LogP contribution in [0.2, 0.25) is 0 Å². The first kappa shape index (κ1) is 10.1. The zero-order chi connectivity index (χ0) is 9.14. The summed E-state index contributed by atoms with van der Waals surface area (Å²) in [5.74, 6) is 3.94. The van der Waals surface area contributed by atoms with Crippen molar-refractivity contribution in [3.63, 3.8) is 0 Å². The predicted octanol–water partition coefficient (Wildman–Crippen LogP) is 4.10. The first-order chi connectivity index (χ1) is 5.61. The minimum atomic E-state index is 0.894. The Bertz CT molecular complexity index is 118. The number of rotatable bonds is 5. The van der Waals surface area contributed by atoms with Gasteiger partial charge in [0.05, 0.1) is 0 Å². The smallest absolute Gasteiger partial charge is 0.0363 e. The Morgan fingerprint density at radius 3 is 1.92 bits per heavy atom. The highest BCUT2D eigenvalue weighted by molar-refractivity contribution is 4.83. The molecule has 0 heterocycles. The molecule has 0 unspecified atom stereocenters. The van der Waals surface area contributed by atoms with E-state index in [-0.39, 0.29) is 0 Å². The van der Waals surface area contributed by atoms with Gasteiger partial charge in [0.2, 0.25) is 0 Å². The fourth-order valence-corrected chi connectivity index (χ4v) is 2.16. The van der Waals surface area contributed by atoms with Crippen molar-refractivity contribution in [1.82, 2.24) is 0 Å². The van der Waals surface area contributed by atoms with E-state index in [2.05, 4.69) is 27.7 Å². The lowest BCUT2D eigenvalue weighted by Gasteiger charge is -2.21. The summed E-state index contributed by atoms with van der Waals surface area (Å²) in [6.45, 7) is 9.46. The summed E-state index contributed by atoms with van der Waals surface area (Å²) < 4.78 is 0. The second-order valence-electron chi connectivity index (χ2n) is 5.22. The van der Waals surface area contributed by atoms with Gasteiger partial charge in [0, 0.05) is 0 Å². The highest BCUT2D eigenvalue weighted by Gasteiger charge is 2.32. The molecule has 0 N–H and O–H groups in total. The average Bonchev–Trinajstić information content (AvgIpc) is 2.69. The Kier molecular flexibility index (Phi) is 3.61. The summed E-state index contributed by atoms with van der Waals surface area (Å²) in [5, 5.41) is 0. The van der Waals surface area contributed by atoms with Crippen LogP contribution in [0.25, 0.3) is 0 Å². The molecule has 0 aliphatic heterocycles. The predicted molar refractivity (Wildman–Crippen MR) is 55.1 cm³/mol. The van der Waals surface area contributed by atoms with E-state index in [1.54, 1.807) is 0 Å². The monoisotopic (exact) mass is 168 g/mol. The van der Waals surface area contributed by atoms with E-state index in [1.807, 2.05) is 0 Å². The van der Waals surface area contributed by atoms with Crippen molar-refractivity contribution in [1.29, 1.82) is 0 Å². The van der Waals surface area contributed by atoms with Gasteiger partial charge in [-0.15, -0.1) is 0 Å². The fourth-order valence-electron chi connectivity index (χ4n) is 2.16. The summed E-state index contributed by atoms with van der Waals surface area (Å²) >= 11 is 0. The largest absolute Gasteiger partial charge is 0.0628 e. The van der Waals surface area contributed by atoms with Crippen molar-refractivity contribution in [2.75, 3.05) is 0 Å². The lowest BCUT2D eigenvalue weighted by molar-refractivity contribution is 0.295. The molecule has 0 heteroatoms. The Labute approximate surface area is 77.7 Å². The fraction of sp³-hybridized carbons (Fsp3) is 1.00. The van der Waals surface area contributed by atoms with Gasteiger partial charge in [-0.3, -0.25) is 0 Å². The van der Waals surface area contributed by atoms with E-state index in [4.69, 9.17) is 0 Å². The molecule has 1 aliphatic rings. The zero-order valence-electron chi connectivity index (χ0n) is 9.14. The highest BCUT2D eigenvalue weighted by Crippen LogP contribution is 2.43. The van der Waals surface area contributed by atoms with Gasteiger partial charge >= 0.3 is 0 Å². The molecule has 0 spiro atoms. The van der Waals surface area contributed by atoms with Crippen LogP contribution >= 0.6 is 0 Å². The summed E-state index contributed by atoms with van der Waals surface area (Å²) in [4.78, 5) is 0. The van der Waals surface area contributed by atoms with Crippen LogP contribution in [0.3, 0.4) is 0 Å². The third-order valence-electron chi connectivity index (χ3n) is 3.16. The second kappa shape index (κ2) is 4.30. The van der Waals surface area contributed by atoms with Gasteiger partial charge in [0.25, 0.3) is 0 Å². The normalized spacial score (nSPS) is 20.5. The van der Waals surface area contributed by atoms with Gasteiger partial charge in [-0.05, 0) is 42.9 Å². The van der Waals surface area contributed by atoms with Crippen molar-refractivity contribution in [2.24, 2.45) is 23.7 Å². The second-order valence-corrected chi connectivity index (χ2v) is 5.22. The molecule has 1 saturated carbocycles. The molecule has 0 bridgehead atoms. The zero-order valence-corrected chi connectivity index (χ0v) is 9.14. The van der Waals surface area contributed by atoms with Crippen LogP contribution < -0.4 is 0 Å². The highest BCUT2D eigenvalue weighted by atomic mass is 14.4. The van der Waals surface area contributed by atoms with Gasteiger partial charge in [-0.25, -0.2) is 0 Å². The van der Waals surface area contributed by atoms with Gasteiger partial charge in [-0.1, -0.05) is 34.1 Å². The molecule has 1 fully saturated rings. The van der Waals surface area contributed by atoms with E-state index in [1.165, 1.54) is 25.7 Å². The third-order valence-corrected chi connectivity index (χ3v) is 3.16. The molecule has 0 aromatic heterocycles. The lowest BCUT2D eigenvalue weighted by atomic mass is 9.85. The van der Waals surface area contributed by atoms with E-state index in [0.29, 0.717) is 0 Å². The van der Waals surface area contributed by atoms with Crippen LogP contribution in [-0.2, 0) is 0 Å². The summed E-state index contributed by atoms with van der Waals surface area (Å²) in [6.07, 6.45) is 5.93. The maximum Gasteiger partial charge on any atom is -0.0363 e. The average molecular weight is 168 g/mol. The van der Waals surface area contributed by atoms with Crippen LogP contribution in [0, 0.1) is 23.7 Å². The standard InChI is InChI=1S/C12H24/c1-9(2)5-8-12(10(3)4)11-6-7-11/h9-12H,5-8H2,1-4H3/t12-/m0/s1. The molecular formula is C12H24. The van der Waals surface area contributed by atoms with Crippen LogP contribution in [0.4, 0.5) is 0 Å². The maximum atomic E-state index is 2.39. The van der Waals surface area contributed by atoms with Crippen molar-refractivity contribution < 1.29 is 0 Å². The molecule has 1 aliphatic carbocycles. The van der Waals surface area contributed by atoms with Crippen LogP contribution in [0.5, 0.6) is 0 Å². The first-order valence-corrected chi connectivity index (χ1v) is 5.61. The molecule has 0 saturated heterocycles. The van der Waals surface area contributed by atoms with E-state index in [0.717, 1.165) is 23.7 Å². The van der Waals surface area contributed by atoms with Crippen LogP contribution in [-0.4, -0.2) is 0 Å². The molecule has 1 rings (SSSR count). The molecule has 1 atom stereocenters. The Balaban J connectivity index is 2.23. The first-order valence-electron chi connectivity index (χ1n) is 5.61. The molecule has 0 radical (unpaired) electrons. The minimum absolute atomic E-state index is 0.894. The van der Waals surface area contributed by atoms with Crippen molar-refractivity contribution in [3.8, 4) is 0 Å². The lowest BCUT2D eigenvalue weighted by Crippen LogP contribution is -2.11. The summed E-state index contributed by atoms with van der Waals surface area (Å²) in [6, 6.07) is 0. The molecule has 0 nitrogen and oxygen atoms in total. The summed E-state index contributed by atoms with van der Waals surface area (Å²) in [7, 11) is 0. The quantitative estimate of drug-likeness (QED) is 0.579. The van der Waals surface area contributed by atoms with Crippen molar-refractivity contribution >= 4 is 0 Å². The van der Waals surface area contributed by atoms with Gasteiger partial charge in [-0.2, -0.15) is 0 Å². The molecule has 0 amide bonds. The molecule has 12 heavy (non-hydrogen) atoms. The molecule has 72 valence electrons. The van der Waals surface area contributed by atoms with Crippen molar-refractivity contribution in [2.45, 2.75) is 53.4 Å². The topological polar surface area (TPSA) is 0 Å². The Morgan fingerprint density at radius 2 is 1.58 bits per heavy atom. The van der Waals surface area contributed by atoms with Gasteiger partial charge in [0.1, 0.15) is 0 Å². The van der Waals surface area contributed by atoms with E-state index >= 15 is 0 Å². The van der Waals surface area contributed by atoms with Crippen LogP contribution in [0.1, 0.15) is 53.4 Å². The summed E-state index contributed by atoms with van der Waals surface area (Å²) in [5.41, 5.74) is 0. The van der Waals surface area contributed by atoms with Gasteiger partial charge in [0.15, 0.2) is 0 Å². The Hall–Kier alpha value is 0. The minimum Gasteiger partial charge on any atom is -0.0628 e. The molecular weight excluding hydrogens is 144 g/mol. The molecule has 0 aromatic rings. The number of hydrogen-bond acceptors (Lipinski definition) is 0. The maximum absolute atomic E-state index is 2.39. The molecule has 0 aromatic carbocycles. The Morgan fingerprint density at radius 1 is 1.00 bits per heavy atom. The third kappa shape index (κ3) is 3.16. The van der Waals surface area contributed by atoms with Gasteiger partial charge < -0.3 is 0 Å². The van der Waals surface area contributed by atoms with Crippen molar-refractivity contribution in [3.05, 3.63) is 0 Å². The van der Waals surface area contributed by atoms with E-state index in [9.17, 15) is 0 Å².